The molecule has 0 aliphatic heterocycles. The molecule has 0 heterocycles. The molecule has 0 saturated heterocycles. The molecule has 0 fully saturated rings. The summed E-state index contributed by atoms with van der Waals surface area (Å²) in [5.41, 5.74) is 6.76. The summed E-state index contributed by atoms with van der Waals surface area (Å²) in [5, 5.41) is 2.16. The van der Waals surface area contributed by atoms with Crippen LogP contribution < -0.4 is 0 Å². The lowest BCUT2D eigenvalue weighted by molar-refractivity contribution is 1.56. The number of hydrogen-bond donors (Lipinski definition) is 0. The fourth-order valence-electron chi connectivity index (χ4n) is 3.22. The first kappa shape index (κ1) is 18.1. The van der Waals surface area contributed by atoms with Gasteiger partial charge in [-0.2, -0.15) is 0 Å². The molecule has 0 aromatic heterocycles. The van der Waals surface area contributed by atoms with Gasteiger partial charge < -0.3 is 0 Å². The van der Waals surface area contributed by atoms with Crippen LogP contribution in [0.5, 0.6) is 0 Å². The molecule has 0 spiro atoms. The van der Waals surface area contributed by atoms with Crippen molar-refractivity contribution in [2.24, 2.45) is 0 Å². The third kappa shape index (κ3) is 3.89. The van der Waals surface area contributed by atoms with Gasteiger partial charge in [-0.05, 0) is 69.8 Å². The topological polar surface area (TPSA) is 0 Å². The minimum atomic E-state index is 0.718. The molecule has 0 nitrogen and oxygen atoms in total. The number of hydrogen-bond acceptors (Lipinski definition) is 0. The van der Waals surface area contributed by atoms with Crippen molar-refractivity contribution in [1.82, 2.24) is 0 Å². The summed E-state index contributed by atoms with van der Waals surface area (Å²) in [6.45, 7) is 0. The smallest absolute Gasteiger partial charge is 0.0406 e. The maximum absolute atomic E-state index is 6.12. The highest BCUT2D eigenvalue weighted by Crippen LogP contribution is 2.40. The second kappa shape index (κ2) is 7.78. The van der Waals surface area contributed by atoms with E-state index in [1.807, 2.05) is 60.7 Å². The third-order valence-electron chi connectivity index (χ3n) is 4.51. The molecule has 27 heavy (non-hydrogen) atoms. The van der Waals surface area contributed by atoms with Gasteiger partial charge in [0, 0.05) is 15.1 Å². The summed E-state index contributed by atoms with van der Waals surface area (Å²) in [4.78, 5) is 0. The zero-order valence-electron chi connectivity index (χ0n) is 14.3. The van der Waals surface area contributed by atoms with Crippen LogP contribution >= 0.6 is 34.8 Å². The molecule has 4 aromatic rings. The fraction of sp³-hybridized carbons (Fsp3) is 0. The van der Waals surface area contributed by atoms with E-state index in [1.165, 1.54) is 0 Å². The van der Waals surface area contributed by atoms with Gasteiger partial charge in [0.05, 0.1) is 0 Å². The molecule has 0 saturated carbocycles. The Labute approximate surface area is 174 Å². The van der Waals surface area contributed by atoms with E-state index in [1.54, 1.807) is 0 Å². The molecule has 0 amide bonds. The molecule has 0 radical (unpaired) electrons. The van der Waals surface area contributed by atoms with Gasteiger partial charge in [0.25, 0.3) is 0 Å². The van der Waals surface area contributed by atoms with Gasteiger partial charge in [0.2, 0.25) is 0 Å². The van der Waals surface area contributed by atoms with Crippen LogP contribution in [0.1, 0.15) is 0 Å². The van der Waals surface area contributed by atoms with Gasteiger partial charge in [0.1, 0.15) is 0 Å². The van der Waals surface area contributed by atoms with E-state index in [0.717, 1.165) is 48.4 Å². The zero-order chi connectivity index (χ0) is 18.8. The molecule has 4 aromatic carbocycles. The summed E-state index contributed by atoms with van der Waals surface area (Å²) >= 11 is 18.3. The van der Waals surface area contributed by atoms with Crippen LogP contribution in [0, 0.1) is 0 Å². The second-order valence-electron chi connectivity index (χ2n) is 6.25. The lowest BCUT2D eigenvalue weighted by Gasteiger charge is -2.16. The molecule has 132 valence electrons. The van der Waals surface area contributed by atoms with Gasteiger partial charge >= 0.3 is 0 Å². The second-order valence-corrected chi connectivity index (χ2v) is 7.56. The van der Waals surface area contributed by atoms with Gasteiger partial charge in [-0.1, -0.05) is 89.4 Å². The number of benzene rings is 4. The van der Waals surface area contributed by atoms with Crippen molar-refractivity contribution in [2.45, 2.75) is 0 Å². The van der Waals surface area contributed by atoms with E-state index in [-0.39, 0.29) is 0 Å². The molecule has 0 N–H and O–H groups in total. The van der Waals surface area contributed by atoms with E-state index in [4.69, 9.17) is 34.8 Å². The average molecular weight is 410 g/mol. The predicted octanol–water partition coefficient (Wildman–Crippen LogP) is 8.65. The average Bonchev–Trinajstić information content (AvgIpc) is 2.69. The van der Waals surface area contributed by atoms with Crippen LogP contribution in [0.2, 0.25) is 15.1 Å². The normalized spacial score (nSPS) is 10.8. The number of halogens is 3. The summed E-state index contributed by atoms with van der Waals surface area (Å²) in [6, 6.07) is 30.1. The molecule has 0 aliphatic rings. The maximum atomic E-state index is 6.12. The maximum Gasteiger partial charge on any atom is 0.0406 e. The minimum absolute atomic E-state index is 0.718. The van der Waals surface area contributed by atoms with Crippen LogP contribution in [0.25, 0.3) is 33.4 Å². The van der Waals surface area contributed by atoms with Gasteiger partial charge in [-0.15, -0.1) is 0 Å². The Morgan fingerprint density at radius 3 is 1.07 bits per heavy atom. The zero-order valence-corrected chi connectivity index (χ0v) is 16.6. The summed E-state index contributed by atoms with van der Waals surface area (Å²) in [6.07, 6.45) is 0. The van der Waals surface area contributed by atoms with E-state index < -0.39 is 0 Å². The summed E-state index contributed by atoms with van der Waals surface area (Å²) in [7, 11) is 0. The quantitative estimate of drug-likeness (QED) is 0.317. The van der Waals surface area contributed by atoms with Crippen LogP contribution in [0.15, 0.2) is 91.0 Å². The number of rotatable bonds is 3. The third-order valence-corrected chi connectivity index (χ3v) is 5.26. The molecule has 3 heteroatoms. The minimum Gasteiger partial charge on any atom is -0.0843 e. The first-order valence-corrected chi connectivity index (χ1v) is 9.66. The lowest BCUT2D eigenvalue weighted by Crippen LogP contribution is -1.90. The molecule has 0 unspecified atom stereocenters. The first-order valence-electron chi connectivity index (χ1n) is 8.53. The Morgan fingerprint density at radius 2 is 0.704 bits per heavy atom. The standard InChI is InChI=1S/C24H15Cl3/c25-19-10-4-16(5-11-19)22-2-1-3-23(17-6-12-20(26)13-7-17)24(22)18-8-14-21(27)15-9-18/h1-15H. The van der Waals surface area contributed by atoms with Gasteiger partial charge in [-0.3, -0.25) is 0 Å². The lowest BCUT2D eigenvalue weighted by atomic mass is 9.88. The van der Waals surface area contributed by atoms with Crippen molar-refractivity contribution in [3.63, 3.8) is 0 Å². The van der Waals surface area contributed by atoms with Crippen LogP contribution in [-0.2, 0) is 0 Å². The van der Waals surface area contributed by atoms with Crippen LogP contribution in [0.4, 0.5) is 0 Å². The van der Waals surface area contributed by atoms with Crippen LogP contribution in [-0.4, -0.2) is 0 Å². The van der Waals surface area contributed by atoms with Gasteiger partial charge in [-0.25, -0.2) is 0 Å². The Morgan fingerprint density at radius 1 is 0.370 bits per heavy atom. The first-order chi connectivity index (χ1) is 13.1. The van der Waals surface area contributed by atoms with E-state index >= 15 is 0 Å². The molecular weight excluding hydrogens is 395 g/mol. The monoisotopic (exact) mass is 408 g/mol. The highest BCUT2D eigenvalue weighted by molar-refractivity contribution is 6.31. The Bertz CT molecular complexity index is 1000. The van der Waals surface area contributed by atoms with Crippen molar-refractivity contribution in [1.29, 1.82) is 0 Å². The summed E-state index contributed by atoms with van der Waals surface area (Å²) in [5.74, 6) is 0. The Balaban J connectivity index is 1.99. The highest BCUT2D eigenvalue weighted by Gasteiger charge is 2.14. The largest absolute Gasteiger partial charge is 0.0843 e. The van der Waals surface area contributed by atoms with Crippen molar-refractivity contribution in [3.05, 3.63) is 106 Å². The molecule has 0 atom stereocenters. The van der Waals surface area contributed by atoms with Crippen molar-refractivity contribution in [2.75, 3.05) is 0 Å². The molecule has 0 aliphatic carbocycles. The Hall–Kier alpha value is -2.25. The predicted molar refractivity (Wildman–Crippen MR) is 118 cm³/mol. The van der Waals surface area contributed by atoms with Crippen LogP contribution in [0.3, 0.4) is 0 Å². The highest BCUT2D eigenvalue weighted by atomic mass is 35.5. The van der Waals surface area contributed by atoms with E-state index in [2.05, 4.69) is 30.3 Å². The molecule has 0 bridgehead atoms. The SMILES string of the molecule is Clc1ccc(-c2cccc(-c3ccc(Cl)cc3)c2-c2ccc(Cl)cc2)cc1. The molecule has 4 rings (SSSR count). The van der Waals surface area contributed by atoms with Crippen molar-refractivity contribution >= 4 is 34.8 Å². The fourth-order valence-corrected chi connectivity index (χ4v) is 3.60. The van der Waals surface area contributed by atoms with Crippen molar-refractivity contribution in [3.8, 4) is 33.4 Å². The van der Waals surface area contributed by atoms with E-state index in [0.29, 0.717) is 0 Å². The van der Waals surface area contributed by atoms with Gasteiger partial charge in [0.15, 0.2) is 0 Å². The van der Waals surface area contributed by atoms with E-state index in [9.17, 15) is 0 Å². The summed E-state index contributed by atoms with van der Waals surface area (Å²) < 4.78 is 0. The Kier molecular flexibility index (Phi) is 5.22. The molecular formula is C24H15Cl3. The van der Waals surface area contributed by atoms with Crippen molar-refractivity contribution < 1.29 is 0 Å².